The highest BCUT2D eigenvalue weighted by Gasteiger charge is 2.22. The maximum absolute atomic E-state index is 12.1. The van der Waals surface area contributed by atoms with Gasteiger partial charge in [-0.1, -0.05) is 5.21 Å². The summed E-state index contributed by atoms with van der Waals surface area (Å²) in [5.74, 6) is 0.0280. The molecule has 0 spiro atoms. The first-order valence-corrected chi connectivity index (χ1v) is 8.31. The van der Waals surface area contributed by atoms with Crippen molar-refractivity contribution in [2.75, 3.05) is 6.61 Å². The van der Waals surface area contributed by atoms with E-state index in [2.05, 4.69) is 15.6 Å². The Morgan fingerprint density at radius 1 is 1.46 bits per heavy atom. The van der Waals surface area contributed by atoms with Crippen LogP contribution in [0.1, 0.15) is 35.5 Å². The second-order valence-electron chi connectivity index (χ2n) is 6.02. The van der Waals surface area contributed by atoms with Crippen LogP contribution in [0, 0.1) is 0 Å². The van der Waals surface area contributed by atoms with Crippen LogP contribution in [-0.2, 0) is 24.3 Å². The molecule has 1 aromatic carbocycles. The van der Waals surface area contributed by atoms with Crippen LogP contribution in [-0.4, -0.2) is 44.7 Å². The second kappa shape index (κ2) is 7.42. The number of fused-ring (bicyclic) bond motifs is 1. The van der Waals surface area contributed by atoms with Crippen molar-refractivity contribution < 1.29 is 24.2 Å². The standard InChI is InChI=1S/C17H20N4O5/c1-3-25-14-5-11-4-10(2)26-15(11)6-12(14)7-18-16(22)9-21-8-13(17(23)24)19-20-21/h5-6,8,10H,3-4,7,9H2,1-2H3,(H,18,22)(H,23,24). The molecule has 0 radical (unpaired) electrons. The number of rotatable bonds is 7. The number of carboxylic acids is 1. The van der Waals surface area contributed by atoms with Crippen LogP contribution >= 0.6 is 0 Å². The monoisotopic (exact) mass is 360 g/mol. The van der Waals surface area contributed by atoms with E-state index >= 15 is 0 Å². The summed E-state index contributed by atoms with van der Waals surface area (Å²) in [6.07, 6.45) is 2.17. The largest absolute Gasteiger partial charge is 0.494 e. The fourth-order valence-corrected chi connectivity index (χ4v) is 2.78. The summed E-state index contributed by atoms with van der Waals surface area (Å²) < 4.78 is 12.6. The summed E-state index contributed by atoms with van der Waals surface area (Å²) in [5, 5.41) is 18.7. The lowest BCUT2D eigenvalue weighted by molar-refractivity contribution is -0.122. The zero-order valence-corrected chi connectivity index (χ0v) is 14.6. The van der Waals surface area contributed by atoms with Gasteiger partial charge < -0.3 is 19.9 Å². The van der Waals surface area contributed by atoms with Crippen molar-refractivity contribution in [3.8, 4) is 11.5 Å². The number of aromatic nitrogens is 3. The molecule has 0 fully saturated rings. The number of aromatic carboxylic acids is 1. The third-order valence-electron chi connectivity index (χ3n) is 3.92. The van der Waals surface area contributed by atoms with E-state index in [0.29, 0.717) is 6.61 Å². The van der Waals surface area contributed by atoms with Gasteiger partial charge in [-0.15, -0.1) is 5.10 Å². The van der Waals surface area contributed by atoms with Crippen LogP contribution in [0.4, 0.5) is 0 Å². The Hall–Kier alpha value is -3.10. The number of amides is 1. The first kappa shape index (κ1) is 17.7. The summed E-state index contributed by atoms with van der Waals surface area (Å²) in [6, 6.07) is 3.85. The van der Waals surface area contributed by atoms with Crippen molar-refractivity contribution in [1.29, 1.82) is 0 Å². The fourth-order valence-electron chi connectivity index (χ4n) is 2.78. The SMILES string of the molecule is CCOc1cc2c(cc1CNC(=O)Cn1cc(C(=O)O)nn1)OC(C)C2. The van der Waals surface area contributed by atoms with E-state index in [1.165, 1.54) is 10.9 Å². The van der Waals surface area contributed by atoms with E-state index in [4.69, 9.17) is 14.6 Å². The maximum atomic E-state index is 12.1. The molecule has 138 valence electrons. The molecule has 1 aromatic heterocycles. The van der Waals surface area contributed by atoms with Gasteiger partial charge in [-0.2, -0.15) is 0 Å². The molecule has 9 nitrogen and oxygen atoms in total. The van der Waals surface area contributed by atoms with Gasteiger partial charge in [-0.25, -0.2) is 9.48 Å². The minimum Gasteiger partial charge on any atom is -0.494 e. The molecule has 1 aliphatic heterocycles. The molecule has 1 amide bonds. The first-order chi connectivity index (χ1) is 12.5. The number of hydrogen-bond donors (Lipinski definition) is 2. The number of carbonyl (C=O) groups is 2. The van der Waals surface area contributed by atoms with Crippen LogP contribution in [0.25, 0.3) is 0 Å². The van der Waals surface area contributed by atoms with Gasteiger partial charge in [0.15, 0.2) is 5.69 Å². The number of carboxylic acid groups (broad SMARTS) is 1. The molecule has 9 heteroatoms. The van der Waals surface area contributed by atoms with E-state index in [9.17, 15) is 9.59 Å². The Kier molecular flexibility index (Phi) is 5.06. The zero-order valence-electron chi connectivity index (χ0n) is 14.6. The molecule has 1 unspecified atom stereocenters. The van der Waals surface area contributed by atoms with Gasteiger partial charge >= 0.3 is 5.97 Å². The Morgan fingerprint density at radius 3 is 2.96 bits per heavy atom. The smallest absolute Gasteiger partial charge is 0.358 e. The van der Waals surface area contributed by atoms with Crippen LogP contribution in [0.2, 0.25) is 0 Å². The van der Waals surface area contributed by atoms with E-state index < -0.39 is 5.97 Å². The molecule has 2 N–H and O–H groups in total. The molecule has 0 saturated heterocycles. The summed E-state index contributed by atoms with van der Waals surface area (Å²) in [5.41, 5.74) is 1.71. The molecule has 2 aromatic rings. The normalized spacial score (nSPS) is 15.2. The lowest BCUT2D eigenvalue weighted by atomic mass is 10.1. The average Bonchev–Trinajstić information content (AvgIpc) is 3.18. The molecular formula is C17H20N4O5. The number of benzene rings is 1. The van der Waals surface area contributed by atoms with Crippen molar-refractivity contribution in [3.05, 3.63) is 35.2 Å². The molecule has 0 saturated carbocycles. The van der Waals surface area contributed by atoms with Gasteiger partial charge in [0.2, 0.25) is 5.91 Å². The highest BCUT2D eigenvalue weighted by atomic mass is 16.5. The summed E-state index contributed by atoms with van der Waals surface area (Å²) in [7, 11) is 0. The third kappa shape index (κ3) is 3.93. The van der Waals surface area contributed by atoms with Gasteiger partial charge in [-0.3, -0.25) is 4.79 Å². The predicted octanol–water partition coefficient (Wildman–Crippen LogP) is 1.01. The van der Waals surface area contributed by atoms with Crippen molar-refractivity contribution in [2.24, 2.45) is 0 Å². The zero-order chi connectivity index (χ0) is 18.7. The van der Waals surface area contributed by atoms with Crippen molar-refractivity contribution in [2.45, 2.75) is 39.5 Å². The minimum atomic E-state index is -1.19. The van der Waals surface area contributed by atoms with E-state index in [1.807, 2.05) is 26.0 Å². The summed E-state index contributed by atoms with van der Waals surface area (Å²) in [4.78, 5) is 22.9. The molecule has 0 bridgehead atoms. The number of carbonyl (C=O) groups excluding carboxylic acids is 1. The van der Waals surface area contributed by atoms with Crippen LogP contribution in [0.5, 0.6) is 11.5 Å². The summed E-state index contributed by atoms with van der Waals surface area (Å²) >= 11 is 0. The third-order valence-corrected chi connectivity index (χ3v) is 3.92. The highest BCUT2D eigenvalue weighted by molar-refractivity contribution is 5.84. The fraction of sp³-hybridized carbons (Fsp3) is 0.412. The lowest BCUT2D eigenvalue weighted by Gasteiger charge is -2.13. The predicted molar refractivity (Wildman–Crippen MR) is 90.2 cm³/mol. The molecule has 1 aliphatic rings. The lowest BCUT2D eigenvalue weighted by Crippen LogP contribution is -2.27. The Balaban J connectivity index is 1.65. The number of nitrogens with zero attached hydrogens (tertiary/aromatic N) is 3. The van der Waals surface area contributed by atoms with Gasteiger partial charge in [0.1, 0.15) is 24.1 Å². The number of nitrogens with one attached hydrogen (secondary N) is 1. The van der Waals surface area contributed by atoms with E-state index in [1.54, 1.807) is 0 Å². The molecular weight excluding hydrogens is 340 g/mol. The average molecular weight is 360 g/mol. The van der Waals surface area contributed by atoms with Crippen molar-refractivity contribution >= 4 is 11.9 Å². The molecule has 3 rings (SSSR count). The maximum Gasteiger partial charge on any atom is 0.358 e. The number of hydrogen-bond acceptors (Lipinski definition) is 6. The molecule has 26 heavy (non-hydrogen) atoms. The molecule has 1 atom stereocenters. The summed E-state index contributed by atoms with van der Waals surface area (Å²) in [6.45, 7) is 4.57. The second-order valence-corrected chi connectivity index (χ2v) is 6.02. The first-order valence-electron chi connectivity index (χ1n) is 8.31. The van der Waals surface area contributed by atoms with Gasteiger partial charge in [0.25, 0.3) is 0 Å². The Labute approximate surface area is 149 Å². The van der Waals surface area contributed by atoms with Gasteiger partial charge in [0.05, 0.1) is 12.8 Å². The van der Waals surface area contributed by atoms with Crippen LogP contribution in [0.3, 0.4) is 0 Å². The molecule has 2 heterocycles. The van der Waals surface area contributed by atoms with Crippen molar-refractivity contribution in [1.82, 2.24) is 20.3 Å². The quantitative estimate of drug-likeness (QED) is 0.757. The van der Waals surface area contributed by atoms with E-state index in [0.717, 1.165) is 29.0 Å². The molecule has 0 aliphatic carbocycles. The minimum absolute atomic E-state index is 0.122. The van der Waals surface area contributed by atoms with Crippen LogP contribution < -0.4 is 14.8 Å². The van der Waals surface area contributed by atoms with E-state index in [-0.39, 0.29) is 30.8 Å². The van der Waals surface area contributed by atoms with Crippen molar-refractivity contribution in [3.63, 3.8) is 0 Å². The Bertz CT molecular complexity index is 833. The topological polar surface area (TPSA) is 116 Å². The Morgan fingerprint density at radius 2 is 2.27 bits per heavy atom. The van der Waals surface area contributed by atoms with Gasteiger partial charge in [-0.05, 0) is 26.0 Å². The number of ether oxygens (including phenoxy) is 2. The highest BCUT2D eigenvalue weighted by Crippen LogP contribution is 2.35. The van der Waals surface area contributed by atoms with Gasteiger partial charge in [0, 0.05) is 24.1 Å². The van der Waals surface area contributed by atoms with Crippen LogP contribution in [0.15, 0.2) is 18.3 Å².